The second kappa shape index (κ2) is 4.79. The minimum absolute atomic E-state index is 0.314. The van der Waals surface area contributed by atoms with E-state index >= 15 is 0 Å². The molecular weight excluding hydrogens is 239 g/mol. The van der Waals surface area contributed by atoms with Gasteiger partial charge in [0, 0.05) is 21.9 Å². The molecule has 0 radical (unpaired) electrons. The van der Waals surface area contributed by atoms with E-state index in [2.05, 4.69) is 5.16 Å². The highest BCUT2D eigenvalue weighted by atomic mass is 32.2. The Labute approximate surface area is 103 Å². The van der Waals surface area contributed by atoms with Crippen LogP contribution in [0.2, 0.25) is 0 Å². The number of hydrogen-bond donors (Lipinski definition) is 1. The molecule has 3 nitrogen and oxygen atoms in total. The summed E-state index contributed by atoms with van der Waals surface area (Å²) in [5, 5.41) is 3.88. The summed E-state index contributed by atoms with van der Waals surface area (Å²) in [5.74, 6) is 1.19. The van der Waals surface area contributed by atoms with Crippen LogP contribution in [0.25, 0.3) is 0 Å². The number of aromatic nitrogens is 1. The van der Waals surface area contributed by atoms with Crippen LogP contribution in [0.5, 0.6) is 0 Å². The number of rotatable bonds is 3. The van der Waals surface area contributed by atoms with E-state index in [1.54, 1.807) is 6.07 Å². The number of hydrogen-bond acceptors (Lipinski definition) is 4. The van der Waals surface area contributed by atoms with E-state index < -0.39 is 0 Å². The molecule has 0 atom stereocenters. The molecule has 0 aliphatic heterocycles. The molecule has 0 unspecified atom stereocenters. The maximum Gasteiger partial charge on any atom is 0.137 e. The van der Waals surface area contributed by atoms with Crippen molar-refractivity contribution >= 4 is 17.4 Å². The first-order valence-corrected chi connectivity index (χ1v) is 6.15. The molecule has 2 N–H and O–H groups in total. The van der Waals surface area contributed by atoms with Crippen LogP contribution >= 0.6 is 11.8 Å². The molecule has 0 aliphatic rings. The number of thioether (sulfide) groups is 1. The van der Waals surface area contributed by atoms with E-state index in [-0.39, 0.29) is 5.82 Å². The van der Waals surface area contributed by atoms with Gasteiger partial charge in [-0.25, -0.2) is 4.39 Å². The van der Waals surface area contributed by atoms with Crippen molar-refractivity contribution in [3.63, 3.8) is 0 Å². The molecule has 0 spiro atoms. The largest absolute Gasteiger partial charge is 0.399 e. The quantitative estimate of drug-likeness (QED) is 0.672. The van der Waals surface area contributed by atoms with E-state index in [0.717, 1.165) is 21.9 Å². The fourth-order valence-corrected chi connectivity index (χ4v) is 2.67. The summed E-state index contributed by atoms with van der Waals surface area (Å²) in [6, 6.07) is 4.53. The Hall–Kier alpha value is -1.49. The average molecular weight is 252 g/mol. The summed E-state index contributed by atoms with van der Waals surface area (Å²) in [6.07, 6.45) is 0. The highest BCUT2D eigenvalue weighted by molar-refractivity contribution is 7.98. The molecular formula is C12H13FN2OS. The van der Waals surface area contributed by atoms with Gasteiger partial charge in [0.1, 0.15) is 11.6 Å². The van der Waals surface area contributed by atoms with E-state index in [1.807, 2.05) is 13.8 Å². The van der Waals surface area contributed by atoms with Crippen LogP contribution < -0.4 is 5.73 Å². The Kier molecular flexibility index (Phi) is 3.38. The zero-order chi connectivity index (χ0) is 12.4. The lowest BCUT2D eigenvalue weighted by molar-refractivity contribution is 0.392. The third-order valence-corrected chi connectivity index (χ3v) is 3.46. The van der Waals surface area contributed by atoms with Crippen LogP contribution in [-0.4, -0.2) is 5.16 Å². The Morgan fingerprint density at radius 3 is 2.71 bits per heavy atom. The summed E-state index contributed by atoms with van der Waals surface area (Å²) in [7, 11) is 0. The van der Waals surface area contributed by atoms with Gasteiger partial charge in [-0.15, -0.1) is 11.8 Å². The first-order chi connectivity index (χ1) is 8.06. The number of aryl methyl sites for hydroxylation is 2. The Bertz CT molecular complexity index is 500. The molecule has 0 saturated carbocycles. The van der Waals surface area contributed by atoms with Gasteiger partial charge in [0.15, 0.2) is 0 Å². The molecule has 1 aromatic carbocycles. The molecule has 0 fully saturated rings. The second-order valence-corrected chi connectivity index (χ2v) is 4.86. The number of nitrogens with two attached hydrogens (primary N) is 1. The normalized spacial score (nSPS) is 10.8. The highest BCUT2D eigenvalue weighted by Gasteiger charge is 2.09. The van der Waals surface area contributed by atoms with Gasteiger partial charge < -0.3 is 10.3 Å². The SMILES string of the molecule is Cc1noc(C)c1CSc1cc(N)cc(F)c1. The monoisotopic (exact) mass is 252 g/mol. The van der Waals surface area contributed by atoms with Crippen molar-refractivity contribution in [2.24, 2.45) is 0 Å². The first kappa shape index (κ1) is 12.0. The summed E-state index contributed by atoms with van der Waals surface area (Å²) >= 11 is 1.51. The summed E-state index contributed by atoms with van der Waals surface area (Å²) < 4.78 is 18.2. The topological polar surface area (TPSA) is 52.0 Å². The van der Waals surface area contributed by atoms with Gasteiger partial charge in [0.2, 0.25) is 0 Å². The van der Waals surface area contributed by atoms with Gasteiger partial charge in [-0.1, -0.05) is 5.16 Å². The second-order valence-electron chi connectivity index (χ2n) is 3.81. The molecule has 2 rings (SSSR count). The van der Waals surface area contributed by atoms with Crippen LogP contribution in [0.3, 0.4) is 0 Å². The molecule has 1 aromatic heterocycles. The van der Waals surface area contributed by atoms with Gasteiger partial charge in [-0.3, -0.25) is 0 Å². The maximum atomic E-state index is 13.1. The smallest absolute Gasteiger partial charge is 0.137 e. The molecule has 0 amide bonds. The zero-order valence-corrected chi connectivity index (χ0v) is 10.5. The van der Waals surface area contributed by atoms with Crippen LogP contribution in [0, 0.1) is 19.7 Å². The predicted octanol–water partition coefficient (Wildman–Crippen LogP) is 3.31. The van der Waals surface area contributed by atoms with Gasteiger partial charge >= 0.3 is 0 Å². The minimum Gasteiger partial charge on any atom is -0.399 e. The average Bonchev–Trinajstić information content (AvgIpc) is 2.55. The van der Waals surface area contributed by atoms with E-state index in [4.69, 9.17) is 10.3 Å². The van der Waals surface area contributed by atoms with Gasteiger partial charge in [-0.05, 0) is 32.0 Å². The minimum atomic E-state index is -0.314. The Morgan fingerprint density at radius 2 is 2.12 bits per heavy atom. The number of benzene rings is 1. The summed E-state index contributed by atoms with van der Waals surface area (Å²) in [4.78, 5) is 0.808. The summed E-state index contributed by atoms with van der Waals surface area (Å²) in [5.41, 5.74) is 7.95. The van der Waals surface area contributed by atoms with Crippen molar-refractivity contribution in [2.45, 2.75) is 24.5 Å². The molecule has 90 valence electrons. The first-order valence-electron chi connectivity index (χ1n) is 5.17. The van der Waals surface area contributed by atoms with Crippen LogP contribution in [0.4, 0.5) is 10.1 Å². The highest BCUT2D eigenvalue weighted by Crippen LogP contribution is 2.27. The zero-order valence-electron chi connectivity index (χ0n) is 9.66. The van der Waals surface area contributed by atoms with Gasteiger partial charge in [0.05, 0.1) is 5.69 Å². The Morgan fingerprint density at radius 1 is 1.35 bits per heavy atom. The van der Waals surface area contributed by atoms with Crippen LogP contribution in [-0.2, 0) is 5.75 Å². The molecule has 5 heteroatoms. The maximum absolute atomic E-state index is 13.1. The van der Waals surface area contributed by atoms with E-state index in [9.17, 15) is 4.39 Å². The van der Waals surface area contributed by atoms with Crippen molar-refractivity contribution in [3.8, 4) is 0 Å². The molecule has 0 aliphatic carbocycles. The summed E-state index contributed by atoms with van der Waals surface area (Å²) in [6.45, 7) is 3.77. The predicted molar refractivity (Wildman–Crippen MR) is 66.4 cm³/mol. The van der Waals surface area contributed by atoms with Crippen molar-refractivity contribution in [2.75, 3.05) is 5.73 Å². The fourth-order valence-electron chi connectivity index (χ4n) is 1.53. The lowest BCUT2D eigenvalue weighted by Gasteiger charge is -2.03. The fraction of sp³-hybridized carbons (Fsp3) is 0.250. The molecule has 1 heterocycles. The van der Waals surface area contributed by atoms with Crippen LogP contribution in [0.1, 0.15) is 17.0 Å². The third kappa shape index (κ3) is 2.79. The van der Waals surface area contributed by atoms with Crippen molar-refractivity contribution in [1.82, 2.24) is 5.16 Å². The van der Waals surface area contributed by atoms with E-state index in [0.29, 0.717) is 11.4 Å². The van der Waals surface area contributed by atoms with Gasteiger partial charge in [-0.2, -0.15) is 0 Å². The number of halogens is 1. The number of nitrogen functional groups attached to an aromatic ring is 1. The number of nitrogens with zero attached hydrogens (tertiary/aromatic N) is 1. The van der Waals surface area contributed by atoms with E-state index in [1.165, 1.54) is 23.9 Å². The van der Waals surface area contributed by atoms with Crippen molar-refractivity contribution in [3.05, 3.63) is 41.0 Å². The molecule has 0 bridgehead atoms. The molecule has 0 saturated heterocycles. The van der Waals surface area contributed by atoms with Crippen LogP contribution in [0.15, 0.2) is 27.6 Å². The third-order valence-electron chi connectivity index (χ3n) is 2.46. The van der Waals surface area contributed by atoms with Crippen molar-refractivity contribution in [1.29, 1.82) is 0 Å². The lowest BCUT2D eigenvalue weighted by atomic mass is 10.2. The molecule has 2 aromatic rings. The molecule has 17 heavy (non-hydrogen) atoms. The Balaban J connectivity index is 2.12. The lowest BCUT2D eigenvalue weighted by Crippen LogP contribution is -1.89. The standard InChI is InChI=1S/C12H13FN2OS/c1-7-12(8(2)16-15-7)6-17-11-4-9(13)3-10(14)5-11/h3-5H,6,14H2,1-2H3. The van der Waals surface area contributed by atoms with Gasteiger partial charge in [0.25, 0.3) is 0 Å². The number of anilines is 1. The van der Waals surface area contributed by atoms with Crippen molar-refractivity contribution < 1.29 is 8.91 Å².